The van der Waals surface area contributed by atoms with Crippen LogP contribution in [0.3, 0.4) is 0 Å². The van der Waals surface area contributed by atoms with Crippen LogP contribution in [0.2, 0.25) is 0 Å². The monoisotopic (exact) mass is 1030 g/mol. The molecule has 0 saturated carbocycles. The number of pyridine rings is 1. The summed E-state index contributed by atoms with van der Waals surface area (Å²) in [6.45, 7) is 6.59. The maximum Gasteiger partial charge on any atom is 0.480 e. The molecule has 0 bridgehead atoms. The molecular formula is C51H78N4O12P3+. The van der Waals surface area contributed by atoms with Crippen LogP contribution < -0.4 is 15.1 Å². The van der Waals surface area contributed by atoms with Gasteiger partial charge in [-0.15, -0.1) is 0 Å². The molecule has 0 fully saturated rings. The molecule has 0 radical (unpaired) electrons. The van der Waals surface area contributed by atoms with E-state index in [2.05, 4.69) is 26.3 Å². The zero-order chi connectivity index (χ0) is 51.0. The van der Waals surface area contributed by atoms with Crippen molar-refractivity contribution in [1.82, 2.24) is 10.3 Å². The van der Waals surface area contributed by atoms with Crippen molar-refractivity contribution in [2.24, 2.45) is 0 Å². The van der Waals surface area contributed by atoms with E-state index in [0.29, 0.717) is 27.7 Å². The number of benzene rings is 3. The normalized spacial score (nSPS) is 14.4. The van der Waals surface area contributed by atoms with Gasteiger partial charge in [0.05, 0.1) is 52.7 Å². The number of rotatable bonds is 36. The molecule has 19 heteroatoms. The first kappa shape index (κ1) is 58.8. The van der Waals surface area contributed by atoms with Crippen LogP contribution >= 0.6 is 23.4 Å². The summed E-state index contributed by atoms with van der Waals surface area (Å²) in [5.41, 5.74) is 5.16. The number of nitrogens with one attached hydrogen (secondary N) is 2. The van der Waals surface area contributed by atoms with E-state index in [1.54, 1.807) is 24.3 Å². The zero-order valence-electron chi connectivity index (χ0n) is 41.9. The minimum atomic E-state index is -5.07. The Morgan fingerprint density at radius 2 is 1.21 bits per heavy atom. The van der Waals surface area contributed by atoms with Crippen molar-refractivity contribution in [2.75, 3.05) is 66.3 Å². The maximum atomic E-state index is 13.1. The molecule has 3 aromatic carbocycles. The number of fused-ring (bicyclic) bond motifs is 1. The summed E-state index contributed by atoms with van der Waals surface area (Å²) in [7, 11) is -6.66. The highest BCUT2D eigenvalue weighted by Crippen LogP contribution is 2.60. The molecule has 0 aliphatic carbocycles. The molecule has 0 saturated heterocycles. The number of quaternary nitrogens is 1. The van der Waals surface area contributed by atoms with Gasteiger partial charge < -0.3 is 29.2 Å². The van der Waals surface area contributed by atoms with Crippen LogP contribution in [0.25, 0.3) is 16.5 Å². The number of ether oxygens (including phenoxy) is 1. The second-order valence-electron chi connectivity index (χ2n) is 18.7. The van der Waals surface area contributed by atoms with Crippen LogP contribution in [-0.2, 0) is 38.0 Å². The molecule has 1 amide bonds. The third-order valence-corrected chi connectivity index (χ3v) is 15.4. The molecule has 0 aliphatic rings. The minimum Gasteiger partial charge on any atom is -0.495 e. The average molecular weight is 1030 g/mol. The quantitative estimate of drug-likeness (QED) is 0.0163. The van der Waals surface area contributed by atoms with Crippen LogP contribution in [-0.4, -0.2) is 91.2 Å². The molecule has 16 nitrogen and oxygen atoms in total. The smallest absolute Gasteiger partial charge is 0.480 e. The predicted octanol–water partition coefficient (Wildman–Crippen LogP) is 12.3. The lowest BCUT2D eigenvalue weighted by molar-refractivity contribution is -0.870. The average Bonchev–Trinajstić information content (AvgIpc) is 3.29. The van der Waals surface area contributed by atoms with Crippen molar-refractivity contribution in [3.63, 3.8) is 0 Å². The third kappa shape index (κ3) is 22.8. The van der Waals surface area contributed by atoms with Gasteiger partial charge in [0.25, 0.3) is 5.91 Å². The lowest BCUT2D eigenvalue weighted by Gasteiger charge is -2.24. The van der Waals surface area contributed by atoms with Gasteiger partial charge in [-0.3, -0.25) is 28.4 Å². The van der Waals surface area contributed by atoms with E-state index in [1.807, 2.05) is 70.5 Å². The Morgan fingerprint density at radius 1 is 0.671 bits per heavy atom. The van der Waals surface area contributed by atoms with E-state index < -0.39 is 35.9 Å². The van der Waals surface area contributed by atoms with E-state index >= 15 is 0 Å². The number of phosphoric acid groups is 2. The summed E-state index contributed by atoms with van der Waals surface area (Å²) in [5, 5.41) is 5.78. The van der Waals surface area contributed by atoms with E-state index in [0.717, 1.165) is 66.2 Å². The molecule has 5 N–H and O–H groups in total. The van der Waals surface area contributed by atoms with E-state index in [9.17, 15) is 33.2 Å². The highest BCUT2D eigenvalue weighted by molar-refractivity contribution is 7.64. The number of para-hydroxylation sites is 1. The summed E-state index contributed by atoms with van der Waals surface area (Å²) >= 11 is 0. The Bertz CT molecular complexity index is 2400. The Balaban J connectivity index is 1.01. The molecule has 70 heavy (non-hydrogen) atoms. The van der Waals surface area contributed by atoms with Gasteiger partial charge in [0.2, 0.25) is 0 Å². The van der Waals surface area contributed by atoms with Crippen molar-refractivity contribution in [1.29, 1.82) is 0 Å². The highest BCUT2D eigenvalue weighted by Gasteiger charge is 2.35. The standard InChI is InChI=1S/C51H77N4O12P3/c1-41-39-47(46-26-22-23-27-48(46)53-41)42(2)45-32-33-50(63-6)49(40-45)54-68(57,58)67-70(61,62)65-37-34-52-51(56)44-30-28-43(29-31-44)25-21-19-17-15-13-11-9-7-8-10-12-14-16-18-20-24-36-64-69(59,60)66-38-35-55(3,4)5/h22-23,26-33,39-40H,2,7-21,24-25,34-38H2,1,3-6H3,(H4-,52,54,56,57,58,59,60,61,62)/p+1. The van der Waals surface area contributed by atoms with Gasteiger partial charge in [-0.25, -0.2) is 13.7 Å². The number of hydrogen-bond donors (Lipinski definition) is 5. The number of aryl methyl sites for hydroxylation is 2. The van der Waals surface area contributed by atoms with Crippen molar-refractivity contribution in [2.45, 2.75) is 116 Å². The molecule has 0 spiro atoms. The topological polar surface area (TPSA) is 212 Å². The van der Waals surface area contributed by atoms with Gasteiger partial charge >= 0.3 is 23.4 Å². The predicted molar refractivity (Wildman–Crippen MR) is 279 cm³/mol. The number of nitrogens with zero attached hydrogens (tertiary/aromatic N) is 2. The van der Waals surface area contributed by atoms with Crippen molar-refractivity contribution in [3.05, 3.63) is 107 Å². The van der Waals surface area contributed by atoms with Gasteiger partial charge in [0, 0.05) is 23.2 Å². The molecule has 4 rings (SSSR count). The van der Waals surface area contributed by atoms with Crippen molar-refractivity contribution >= 4 is 51.5 Å². The summed E-state index contributed by atoms with van der Waals surface area (Å²) in [5.74, 6) is -0.228. The number of carbonyl (C=O) groups is 1. The van der Waals surface area contributed by atoms with Crippen LogP contribution in [0.4, 0.5) is 5.69 Å². The second kappa shape index (κ2) is 29.7. The number of unbranched alkanes of at least 4 members (excludes halogenated alkanes) is 15. The Labute approximate surface area is 416 Å². The molecule has 4 aromatic rings. The number of amides is 1. The van der Waals surface area contributed by atoms with Gasteiger partial charge in [0.15, 0.2) is 0 Å². The SMILES string of the molecule is C=C(c1ccc(OC)c(NP(=O)(O)OP(=O)(O)OCCNC(=O)c2ccc(CCCCCCCCCCCCCCCCCCOP(=O)(O)OCC[N+](C)(C)C)cc2)c1)c1cc(C)nc2ccccc12. The van der Waals surface area contributed by atoms with Gasteiger partial charge in [-0.1, -0.05) is 133 Å². The van der Waals surface area contributed by atoms with E-state index in [1.165, 1.54) is 83.8 Å². The molecule has 1 aromatic heterocycles. The Kier molecular flexibility index (Phi) is 24.9. The van der Waals surface area contributed by atoms with Gasteiger partial charge in [-0.05, 0) is 84.8 Å². The second-order valence-corrected chi connectivity index (χ2v) is 23.3. The number of anilines is 1. The summed E-state index contributed by atoms with van der Waals surface area (Å²) in [6, 6.07) is 21.7. The van der Waals surface area contributed by atoms with Gasteiger partial charge in [-0.2, -0.15) is 4.31 Å². The summed E-state index contributed by atoms with van der Waals surface area (Å²) in [6.07, 6.45) is 19.9. The summed E-state index contributed by atoms with van der Waals surface area (Å²) < 4.78 is 63.5. The zero-order valence-corrected chi connectivity index (χ0v) is 44.6. The molecule has 3 atom stereocenters. The lowest BCUT2D eigenvalue weighted by Crippen LogP contribution is -2.37. The van der Waals surface area contributed by atoms with E-state index in [-0.39, 0.29) is 31.2 Å². The van der Waals surface area contributed by atoms with Gasteiger partial charge in [0.1, 0.15) is 18.9 Å². The first-order valence-corrected chi connectivity index (χ1v) is 29.2. The molecular weight excluding hydrogens is 953 g/mol. The fraction of sp³-hybridized carbons (Fsp3) is 0.529. The van der Waals surface area contributed by atoms with E-state index in [4.69, 9.17) is 18.3 Å². The molecule has 0 aliphatic heterocycles. The number of carbonyl (C=O) groups excluding carboxylic acids is 1. The number of methoxy groups -OCH3 is 1. The van der Waals surface area contributed by atoms with Crippen LogP contribution in [0.15, 0.2) is 79.4 Å². The fourth-order valence-corrected chi connectivity index (χ4v) is 10.9. The Morgan fingerprint density at radius 3 is 1.81 bits per heavy atom. The number of likely N-dealkylation sites (N-methyl/N-ethyl adjacent to an activating group) is 1. The number of hydrogen-bond acceptors (Lipinski definition) is 10. The first-order valence-electron chi connectivity index (χ1n) is 24.6. The van der Waals surface area contributed by atoms with Crippen molar-refractivity contribution < 1.29 is 60.3 Å². The third-order valence-electron chi connectivity index (χ3n) is 11.7. The number of phosphoric ester groups is 2. The maximum absolute atomic E-state index is 13.1. The first-order chi connectivity index (χ1) is 33.3. The molecule has 3 unspecified atom stereocenters. The highest BCUT2D eigenvalue weighted by atomic mass is 31.3. The van der Waals surface area contributed by atoms with Crippen LogP contribution in [0, 0.1) is 6.92 Å². The minimum absolute atomic E-state index is 0.0134. The fourth-order valence-electron chi connectivity index (χ4n) is 7.84. The lowest BCUT2D eigenvalue weighted by atomic mass is 9.95. The summed E-state index contributed by atoms with van der Waals surface area (Å²) in [4.78, 5) is 48.0. The largest absolute Gasteiger partial charge is 0.495 e. The molecule has 388 valence electrons. The number of aromatic nitrogens is 1. The molecule has 1 heterocycles. The Hall–Kier alpha value is -3.75. The van der Waals surface area contributed by atoms with Crippen LogP contribution in [0.5, 0.6) is 5.75 Å². The van der Waals surface area contributed by atoms with Crippen LogP contribution in [0.1, 0.15) is 135 Å². The van der Waals surface area contributed by atoms with Crippen molar-refractivity contribution in [3.8, 4) is 5.75 Å².